The fourth-order valence-electron chi connectivity index (χ4n) is 6.45. The average Bonchev–Trinajstić information content (AvgIpc) is 3.24. The Balaban J connectivity index is 1.29. The van der Waals surface area contributed by atoms with Crippen LogP contribution in [0.25, 0.3) is 0 Å². The van der Waals surface area contributed by atoms with Crippen molar-refractivity contribution >= 4 is 35.6 Å². The molecule has 6 amide bonds. The van der Waals surface area contributed by atoms with Crippen LogP contribution in [-0.2, 0) is 40.1 Å². The van der Waals surface area contributed by atoms with Crippen molar-refractivity contribution in [3.63, 3.8) is 0 Å². The number of ether oxygens (including phenoxy) is 2. The van der Waals surface area contributed by atoms with Crippen molar-refractivity contribution in [3.05, 3.63) is 35.9 Å². The van der Waals surface area contributed by atoms with Crippen LogP contribution < -0.4 is 31.9 Å². The lowest BCUT2D eigenvalue weighted by Crippen LogP contribution is -2.63. The molecule has 0 aliphatic carbocycles. The molecule has 1 saturated heterocycles. The van der Waals surface area contributed by atoms with E-state index in [1.807, 2.05) is 30.3 Å². The molecular formula is C42H70N6O12. The number of rotatable bonds is 32. The number of hydrogen-bond acceptors (Lipinski definition) is 12. The first-order valence-electron chi connectivity index (χ1n) is 21.6. The molecule has 10 N–H and O–H groups in total. The van der Waals surface area contributed by atoms with Crippen molar-refractivity contribution in [1.29, 1.82) is 0 Å². The van der Waals surface area contributed by atoms with E-state index in [1.54, 1.807) is 0 Å². The van der Waals surface area contributed by atoms with Crippen LogP contribution in [0.3, 0.4) is 0 Å². The van der Waals surface area contributed by atoms with E-state index in [4.69, 9.17) is 9.47 Å². The Bertz CT molecular complexity index is 1390. The van der Waals surface area contributed by atoms with Gasteiger partial charge in [0.1, 0.15) is 31.0 Å². The van der Waals surface area contributed by atoms with Crippen LogP contribution in [0.5, 0.6) is 0 Å². The molecule has 0 saturated carbocycles. The molecule has 340 valence electrons. The van der Waals surface area contributed by atoms with Crippen LogP contribution >= 0.6 is 0 Å². The van der Waals surface area contributed by atoms with Crippen molar-refractivity contribution in [1.82, 2.24) is 31.9 Å². The largest absolute Gasteiger partial charge is 0.445 e. The predicted molar refractivity (Wildman–Crippen MR) is 222 cm³/mol. The van der Waals surface area contributed by atoms with Crippen molar-refractivity contribution in [3.8, 4) is 0 Å². The zero-order valence-electron chi connectivity index (χ0n) is 35.0. The Kier molecular flexibility index (Phi) is 28.0. The van der Waals surface area contributed by atoms with Gasteiger partial charge in [-0.05, 0) is 18.4 Å². The number of aliphatic hydroxyl groups is 4. The van der Waals surface area contributed by atoms with Gasteiger partial charge in [0.25, 0.3) is 0 Å². The summed E-state index contributed by atoms with van der Waals surface area (Å²) in [6.07, 6.45) is 10.7. The topological polar surface area (TPSA) is 274 Å². The highest BCUT2D eigenvalue weighted by atomic mass is 16.6. The average molecular weight is 851 g/mol. The second kappa shape index (κ2) is 32.4. The minimum atomic E-state index is -1.51. The number of amides is 6. The summed E-state index contributed by atoms with van der Waals surface area (Å²) in [5, 5.41) is 53.9. The van der Waals surface area contributed by atoms with Gasteiger partial charge in [-0.15, -0.1) is 0 Å². The first-order valence-corrected chi connectivity index (χ1v) is 21.6. The van der Waals surface area contributed by atoms with E-state index in [0.29, 0.717) is 12.8 Å². The van der Waals surface area contributed by atoms with Gasteiger partial charge in [0.15, 0.2) is 6.23 Å². The first-order chi connectivity index (χ1) is 29.0. The molecule has 18 nitrogen and oxygen atoms in total. The molecule has 2 rings (SSSR count). The molecule has 18 heteroatoms. The van der Waals surface area contributed by atoms with Gasteiger partial charge in [-0.3, -0.25) is 24.0 Å². The van der Waals surface area contributed by atoms with Crippen LogP contribution in [-0.4, -0.2) is 126 Å². The lowest BCUT2D eigenvalue weighted by molar-refractivity contribution is -0.236. The molecule has 1 aliphatic heterocycles. The Hall–Kier alpha value is -4.36. The number of carbonyl (C=O) groups is 6. The molecule has 1 fully saturated rings. The van der Waals surface area contributed by atoms with Crippen LogP contribution in [0, 0.1) is 0 Å². The minimum Gasteiger partial charge on any atom is -0.445 e. The number of alkyl carbamates (subject to hydrolysis) is 1. The SMILES string of the molecule is O=C(CCCCCCCCCCCCCCCCCCC(=O)N[C@@H]1O[C@H](CO)[C@@H](O)[C@H](O)[C@H]1O)NCC(=O)NCC(=O)NCC(=O)NCCNC(=O)OCc1ccccc1. The molecule has 1 heterocycles. The summed E-state index contributed by atoms with van der Waals surface area (Å²) < 4.78 is 10.4. The fraction of sp³-hybridized carbons (Fsp3) is 0.714. The Morgan fingerprint density at radius 2 is 0.950 bits per heavy atom. The second-order valence-corrected chi connectivity index (χ2v) is 15.1. The first kappa shape index (κ1) is 51.8. The van der Waals surface area contributed by atoms with E-state index in [9.17, 15) is 49.2 Å². The summed E-state index contributed by atoms with van der Waals surface area (Å²) in [6.45, 7) is -1.01. The van der Waals surface area contributed by atoms with Crippen molar-refractivity contribution in [2.75, 3.05) is 39.3 Å². The van der Waals surface area contributed by atoms with Gasteiger partial charge in [-0.25, -0.2) is 4.79 Å². The third-order valence-corrected chi connectivity index (χ3v) is 10.0. The van der Waals surface area contributed by atoms with E-state index in [2.05, 4.69) is 31.9 Å². The summed E-state index contributed by atoms with van der Waals surface area (Å²) in [7, 11) is 0. The fourth-order valence-corrected chi connectivity index (χ4v) is 6.45. The molecule has 1 aliphatic rings. The van der Waals surface area contributed by atoms with Gasteiger partial charge in [0.05, 0.1) is 26.2 Å². The molecule has 0 unspecified atom stereocenters. The van der Waals surface area contributed by atoms with Gasteiger partial charge in [-0.1, -0.05) is 120 Å². The number of carbonyl (C=O) groups excluding carboxylic acids is 6. The van der Waals surface area contributed by atoms with Crippen LogP contribution in [0.4, 0.5) is 4.79 Å². The molecule has 0 bridgehead atoms. The lowest BCUT2D eigenvalue weighted by atomic mass is 9.98. The standard InChI is InChI=1S/C42H70N6O12/c49-29-32-38(55)39(56)40(57)41(60-32)48-34(51)23-19-14-12-10-8-6-4-2-1-3-5-7-9-11-13-18-22-33(50)45-27-36(53)47-28-37(54)46-26-35(52)43-24-25-44-42(58)59-30-31-20-16-15-17-21-31/h15-17,20-21,32,38-41,49,55-57H,1-14,18-19,22-30H2,(H,43,52)(H,44,58)(H,45,50)(H,46,54)(H,47,53)(H,48,51)/t32-,38-,39+,40-,41-/m1/s1. The van der Waals surface area contributed by atoms with Crippen molar-refractivity contribution in [2.24, 2.45) is 0 Å². The van der Waals surface area contributed by atoms with Crippen LogP contribution in [0.2, 0.25) is 0 Å². The van der Waals surface area contributed by atoms with Crippen LogP contribution in [0.15, 0.2) is 30.3 Å². The Morgan fingerprint density at radius 3 is 1.45 bits per heavy atom. The van der Waals surface area contributed by atoms with Gasteiger partial charge < -0.3 is 61.8 Å². The molecule has 1 aromatic rings. The summed E-state index contributed by atoms with van der Waals surface area (Å²) >= 11 is 0. The van der Waals surface area contributed by atoms with E-state index < -0.39 is 61.1 Å². The minimum absolute atomic E-state index is 0.131. The predicted octanol–water partition coefficient (Wildman–Crippen LogP) is 1.32. The molecular weight excluding hydrogens is 780 g/mol. The maximum Gasteiger partial charge on any atom is 0.407 e. The van der Waals surface area contributed by atoms with E-state index in [0.717, 1.165) is 50.5 Å². The van der Waals surface area contributed by atoms with Crippen molar-refractivity contribution < 1.29 is 58.7 Å². The number of benzene rings is 1. The summed E-state index contributed by atoms with van der Waals surface area (Å²) in [5.74, 6) is -2.07. The number of aliphatic hydroxyl groups excluding tert-OH is 4. The molecule has 5 atom stereocenters. The summed E-state index contributed by atoms with van der Waals surface area (Å²) in [5.41, 5.74) is 0.851. The van der Waals surface area contributed by atoms with Crippen molar-refractivity contribution in [2.45, 2.75) is 153 Å². The van der Waals surface area contributed by atoms with E-state index in [-0.39, 0.29) is 57.6 Å². The Labute approximate surface area is 353 Å². The van der Waals surface area contributed by atoms with Gasteiger partial charge in [-0.2, -0.15) is 0 Å². The number of nitrogens with one attached hydrogen (secondary N) is 6. The van der Waals surface area contributed by atoms with Crippen LogP contribution in [0.1, 0.15) is 121 Å². The second-order valence-electron chi connectivity index (χ2n) is 15.1. The van der Waals surface area contributed by atoms with E-state index >= 15 is 0 Å². The highest BCUT2D eigenvalue weighted by Gasteiger charge is 2.43. The van der Waals surface area contributed by atoms with Gasteiger partial charge in [0.2, 0.25) is 29.5 Å². The monoisotopic (exact) mass is 851 g/mol. The maximum atomic E-state index is 12.2. The molecule has 0 aromatic heterocycles. The molecule has 0 radical (unpaired) electrons. The summed E-state index contributed by atoms with van der Waals surface area (Å²) in [4.78, 5) is 71.9. The van der Waals surface area contributed by atoms with Gasteiger partial charge >= 0.3 is 6.09 Å². The van der Waals surface area contributed by atoms with Gasteiger partial charge in [0, 0.05) is 25.9 Å². The normalized spacial score (nSPS) is 18.5. The molecule has 0 spiro atoms. The quantitative estimate of drug-likeness (QED) is 0.0460. The smallest absolute Gasteiger partial charge is 0.407 e. The zero-order valence-corrected chi connectivity index (χ0v) is 35.0. The molecule has 60 heavy (non-hydrogen) atoms. The number of hydrogen-bond donors (Lipinski definition) is 10. The van der Waals surface area contributed by atoms with E-state index in [1.165, 1.54) is 51.4 Å². The third kappa shape index (κ3) is 24.7. The maximum absolute atomic E-state index is 12.2. The molecule has 1 aromatic carbocycles. The highest BCUT2D eigenvalue weighted by molar-refractivity contribution is 5.90. The lowest BCUT2D eigenvalue weighted by Gasteiger charge is -2.40. The third-order valence-electron chi connectivity index (χ3n) is 10.0. The summed E-state index contributed by atoms with van der Waals surface area (Å²) in [6, 6.07) is 9.20. The number of unbranched alkanes of at least 4 members (excludes halogenated alkanes) is 15. The highest BCUT2D eigenvalue weighted by Crippen LogP contribution is 2.20. The Morgan fingerprint density at radius 1 is 0.517 bits per heavy atom. The zero-order chi connectivity index (χ0) is 43.8.